The smallest absolute Gasteiger partial charge is 0.00574 e. The predicted octanol–water partition coefficient (Wildman–Crippen LogP) is 7.91. The van der Waals surface area contributed by atoms with Crippen LogP contribution in [0.5, 0.6) is 0 Å². The highest BCUT2D eigenvalue weighted by Gasteiger charge is 2.07. The van der Waals surface area contributed by atoms with Crippen molar-refractivity contribution in [2.45, 2.75) is 68.7 Å². The SMILES string of the molecule is C=C/C=C(\C=C)C(C)C(/C=C\C)=C/C.CC.CC.CCC. The van der Waals surface area contributed by atoms with E-state index in [-0.39, 0.29) is 0 Å². The maximum atomic E-state index is 3.81. The van der Waals surface area contributed by atoms with Crippen LogP contribution in [0, 0.1) is 5.92 Å². The summed E-state index contributed by atoms with van der Waals surface area (Å²) in [6.45, 7) is 26.0. The van der Waals surface area contributed by atoms with Crippen LogP contribution >= 0.6 is 0 Å². The number of hydrogen-bond donors (Lipinski definition) is 0. The van der Waals surface area contributed by atoms with E-state index < -0.39 is 0 Å². The van der Waals surface area contributed by atoms with Gasteiger partial charge in [0.2, 0.25) is 0 Å². The fraction of sp³-hybridized carbons (Fsp3) is 0.524. The molecule has 0 aliphatic carbocycles. The van der Waals surface area contributed by atoms with E-state index in [9.17, 15) is 0 Å². The van der Waals surface area contributed by atoms with Crippen molar-refractivity contribution in [1.29, 1.82) is 0 Å². The van der Waals surface area contributed by atoms with Crippen LogP contribution in [0.4, 0.5) is 0 Å². The number of allylic oxidation sites excluding steroid dienone is 8. The lowest BCUT2D eigenvalue weighted by molar-refractivity contribution is 0.846. The van der Waals surface area contributed by atoms with E-state index in [0.717, 1.165) is 0 Å². The van der Waals surface area contributed by atoms with E-state index in [4.69, 9.17) is 0 Å². The molecule has 0 nitrogen and oxygen atoms in total. The van der Waals surface area contributed by atoms with E-state index in [1.807, 2.05) is 46.8 Å². The maximum absolute atomic E-state index is 3.81. The first-order valence-electron chi connectivity index (χ1n) is 8.36. The van der Waals surface area contributed by atoms with Crippen molar-refractivity contribution in [2.24, 2.45) is 5.92 Å². The Labute approximate surface area is 136 Å². The van der Waals surface area contributed by atoms with Gasteiger partial charge in [-0.1, -0.05) is 105 Å². The molecule has 124 valence electrons. The minimum atomic E-state index is 0.381. The van der Waals surface area contributed by atoms with Gasteiger partial charge in [0.15, 0.2) is 0 Å². The molecule has 0 aromatic heterocycles. The molecule has 0 N–H and O–H groups in total. The summed E-state index contributed by atoms with van der Waals surface area (Å²) in [5.74, 6) is 0.381. The van der Waals surface area contributed by atoms with Crippen LogP contribution in [-0.4, -0.2) is 0 Å². The van der Waals surface area contributed by atoms with Crippen LogP contribution in [0.15, 0.2) is 60.8 Å². The first kappa shape index (κ1) is 27.9. The molecule has 0 aromatic carbocycles. The molecular formula is C21H40. The Bertz CT molecular complexity index is 287. The van der Waals surface area contributed by atoms with E-state index in [2.05, 4.69) is 59.1 Å². The Morgan fingerprint density at radius 2 is 1.38 bits per heavy atom. The standard InChI is InChI=1S/C14H20.C3H8.2C2H6/c1-6-10-13(8-3)12(5)14(9-4)11-7-2;1-3-2;2*1-2/h6-12H,1,3H2,2,4-5H3;3H2,1-2H3;2*1-2H3/b11-7-,13-10+,14-9+;;;. The van der Waals surface area contributed by atoms with Gasteiger partial charge in [0.1, 0.15) is 0 Å². The minimum Gasteiger partial charge on any atom is -0.0991 e. The van der Waals surface area contributed by atoms with Gasteiger partial charge in [-0.2, -0.15) is 0 Å². The molecule has 21 heavy (non-hydrogen) atoms. The van der Waals surface area contributed by atoms with Gasteiger partial charge < -0.3 is 0 Å². The average Bonchev–Trinajstić information content (AvgIpc) is 2.54. The molecule has 0 aromatic rings. The summed E-state index contributed by atoms with van der Waals surface area (Å²) in [6, 6.07) is 0. The van der Waals surface area contributed by atoms with Crippen molar-refractivity contribution in [3.05, 3.63) is 60.8 Å². The molecule has 0 amide bonds. The molecule has 0 saturated carbocycles. The summed E-state index contributed by atoms with van der Waals surface area (Å²) >= 11 is 0. The molecule has 0 bridgehead atoms. The topological polar surface area (TPSA) is 0 Å². The fourth-order valence-corrected chi connectivity index (χ4v) is 1.40. The van der Waals surface area contributed by atoms with Gasteiger partial charge in [0, 0.05) is 5.92 Å². The normalized spacial score (nSPS) is 11.9. The summed E-state index contributed by atoms with van der Waals surface area (Å²) < 4.78 is 0. The zero-order valence-corrected chi connectivity index (χ0v) is 16.2. The van der Waals surface area contributed by atoms with Crippen LogP contribution in [0.2, 0.25) is 0 Å². The van der Waals surface area contributed by atoms with E-state index in [1.165, 1.54) is 17.6 Å². The Morgan fingerprint density at radius 1 is 0.952 bits per heavy atom. The van der Waals surface area contributed by atoms with Crippen LogP contribution in [0.25, 0.3) is 0 Å². The van der Waals surface area contributed by atoms with Gasteiger partial charge in [-0.15, -0.1) is 0 Å². The summed E-state index contributed by atoms with van der Waals surface area (Å²) in [7, 11) is 0. The largest absolute Gasteiger partial charge is 0.0991 e. The minimum absolute atomic E-state index is 0.381. The molecule has 0 aliphatic rings. The Morgan fingerprint density at radius 3 is 1.62 bits per heavy atom. The van der Waals surface area contributed by atoms with Crippen molar-refractivity contribution in [1.82, 2.24) is 0 Å². The molecule has 1 atom stereocenters. The Hall–Kier alpha value is -1.30. The quantitative estimate of drug-likeness (QED) is 0.451. The highest BCUT2D eigenvalue weighted by molar-refractivity contribution is 5.35. The monoisotopic (exact) mass is 292 g/mol. The molecule has 0 radical (unpaired) electrons. The second-order valence-electron chi connectivity index (χ2n) is 3.82. The van der Waals surface area contributed by atoms with Gasteiger partial charge in [0.05, 0.1) is 0 Å². The molecule has 0 fully saturated rings. The van der Waals surface area contributed by atoms with Crippen molar-refractivity contribution < 1.29 is 0 Å². The second-order valence-corrected chi connectivity index (χ2v) is 3.82. The number of rotatable bonds is 5. The summed E-state index contributed by atoms with van der Waals surface area (Å²) in [5.41, 5.74) is 2.51. The van der Waals surface area contributed by atoms with Gasteiger partial charge in [-0.3, -0.25) is 0 Å². The molecule has 0 saturated heterocycles. The lowest BCUT2D eigenvalue weighted by Gasteiger charge is -2.13. The lowest BCUT2D eigenvalue weighted by atomic mass is 9.91. The summed E-state index contributed by atoms with van der Waals surface area (Å²) in [4.78, 5) is 0. The molecular weight excluding hydrogens is 252 g/mol. The fourth-order valence-electron chi connectivity index (χ4n) is 1.40. The molecule has 1 unspecified atom stereocenters. The van der Waals surface area contributed by atoms with Crippen molar-refractivity contribution in [3.8, 4) is 0 Å². The van der Waals surface area contributed by atoms with E-state index >= 15 is 0 Å². The molecule has 0 heteroatoms. The first-order chi connectivity index (χ1) is 10.1. The number of hydrogen-bond acceptors (Lipinski definition) is 0. The zero-order valence-electron chi connectivity index (χ0n) is 16.2. The van der Waals surface area contributed by atoms with Crippen LogP contribution in [0.3, 0.4) is 0 Å². The molecule has 0 heterocycles. The first-order valence-corrected chi connectivity index (χ1v) is 8.36. The summed E-state index contributed by atoms with van der Waals surface area (Å²) in [5, 5.41) is 0. The van der Waals surface area contributed by atoms with Crippen molar-refractivity contribution >= 4 is 0 Å². The molecule has 0 aliphatic heterocycles. The molecule has 0 rings (SSSR count). The third kappa shape index (κ3) is 18.7. The van der Waals surface area contributed by atoms with E-state index in [1.54, 1.807) is 6.08 Å². The zero-order chi connectivity index (χ0) is 17.7. The third-order valence-corrected chi connectivity index (χ3v) is 2.24. The van der Waals surface area contributed by atoms with Crippen LogP contribution in [-0.2, 0) is 0 Å². The predicted molar refractivity (Wildman–Crippen MR) is 105 cm³/mol. The molecule has 0 spiro atoms. The van der Waals surface area contributed by atoms with Crippen molar-refractivity contribution in [3.63, 3.8) is 0 Å². The highest BCUT2D eigenvalue weighted by atomic mass is 14.1. The van der Waals surface area contributed by atoms with Crippen LogP contribution < -0.4 is 0 Å². The van der Waals surface area contributed by atoms with Gasteiger partial charge in [0.25, 0.3) is 0 Å². The van der Waals surface area contributed by atoms with Gasteiger partial charge in [-0.25, -0.2) is 0 Å². The third-order valence-electron chi connectivity index (χ3n) is 2.24. The average molecular weight is 293 g/mol. The highest BCUT2D eigenvalue weighted by Crippen LogP contribution is 2.21. The van der Waals surface area contributed by atoms with Crippen molar-refractivity contribution in [2.75, 3.05) is 0 Å². The van der Waals surface area contributed by atoms with Crippen LogP contribution in [0.1, 0.15) is 68.7 Å². The lowest BCUT2D eigenvalue weighted by Crippen LogP contribution is -1.99. The summed E-state index contributed by atoms with van der Waals surface area (Å²) in [6.07, 6.45) is 13.3. The van der Waals surface area contributed by atoms with E-state index in [0.29, 0.717) is 5.92 Å². The Kier molecular flexibility index (Phi) is 36.1. The maximum Gasteiger partial charge on any atom is 0.00574 e. The van der Waals surface area contributed by atoms with Gasteiger partial charge >= 0.3 is 0 Å². The second kappa shape index (κ2) is 27.1. The Balaban J connectivity index is -0.000000176. The van der Waals surface area contributed by atoms with Gasteiger partial charge in [-0.05, 0) is 25.0 Å².